The summed E-state index contributed by atoms with van der Waals surface area (Å²) in [7, 11) is -3.83. The third kappa shape index (κ3) is 1.80. The Kier molecular flexibility index (Phi) is 2.15. The number of hydrogen-bond donors (Lipinski definition) is 3. The van der Waals surface area contributed by atoms with Crippen LogP contribution in [0.1, 0.15) is 19.3 Å². The standard InChI is InChI=1S/C5H12NO3P/c6-4-1-2-5(3-4)10(7,8)9/h4-5H,1-3,6H2,(H2,7,8,9). The van der Waals surface area contributed by atoms with Gasteiger partial charge in [-0.1, -0.05) is 0 Å². The van der Waals surface area contributed by atoms with Crippen molar-refractivity contribution in [1.29, 1.82) is 0 Å². The molecule has 1 aliphatic rings. The lowest BCUT2D eigenvalue weighted by Crippen LogP contribution is -2.16. The molecule has 1 saturated carbocycles. The first-order chi connectivity index (χ1) is 4.50. The second kappa shape index (κ2) is 2.62. The first kappa shape index (κ1) is 8.21. The average Bonchev–Trinajstić information content (AvgIpc) is 2.11. The number of hydrogen-bond acceptors (Lipinski definition) is 2. The minimum atomic E-state index is -3.83. The Morgan fingerprint density at radius 2 is 2.00 bits per heavy atom. The average molecular weight is 165 g/mol. The van der Waals surface area contributed by atoms with Crippen molar-refractivity contribution >= 4 is 7.60 Å². The van der Waals surface area contributed by atoms with Gasteiger partial charge in [0.25, 0.3) is 0 Å². The molecule has 2 unspecified atom stereocenters. The van der Waals surface area contributed by atoms with Crippen LogP contribution >= 0.6 is 7.60 Å². The minimum Gasteiger partial charge on any atom is -0.328 e. The zero-order chi connectivity index (χ0) is 7.78. The van der Waals surface area contributed by atoms with E-state index in [2.05, 4.69) is 0 Å². The molecule has 0 aromatic heterocycles. The van der Waals surface area contributed by atoms with Gasteiger partial charge in [-0.2, -0.15) is 0 Å². The van der Waals surface area contributed by atoms with E-state index in [1.54, 1.807) is 0 Å². The Morgan fingerprint density at radius 3 is 2.20 bits per heavy atom. The van der Waals surface area contributed by atoms with Crippen LogP contribution in [0.25, 0.3) is 0 Å². The summed E-state index contributed by atoms with van der Waals surface area (Å²) in [6.07, 6.45) is 1.80. The van der Waals surface area contributed by atoms with Gasteiger partial charge >= 0.3 is 7.60 Å². The molecule has 4 N–H and O–H groups in total. The third-order valence-electron chi connectivity index (χ3n) is 1.92. The van der Waals surface area contributed by atoms with Crippen LogP contribution in [0.2, 0.25) is 0 Å². The molecule has 0 heterocycles. The lowest BCUT2D eigenvalue weighted by atomic mass is 10.3. The summed E-state index contributed by atoms with van der Waals surface area (Å²) in [6, 6.07) is -0.00220. The molecule has 10 heavy (non-hydrogen) atoms. The lowest BCUT2D eigenvalue weighted by Gasteiger charge is -2.10. The van der Waals surface area contributed by atoms with E-state index in [-0.39, 0.29) is 6.04 Å². The van der Waals surface area contributed by atoms with E-state index < -0.39 is 13.3 Å². The summed E-state index contributed by atoms with van der Waals surface area (Å²) >= 11 is 0. The Hall–Kier alpha value is 0.110. The van der Waals surface area contributed by atoms with Crippen molar-refractivity contribution in [2.75, 3.05) is 0 Å². The molecule has 5 heteroatoms. The van der Waals surface area contributed by atoms with E-state index in [1.807, 2.05) is 0 Å². The predicted octanol–water partition coefficient (Wildman–Crippen LogP) is 0.0439. The SMILES string of the molecule is NC1CCC(P(=O)(O)O)C1. The van der Waals surface area contributed by atoms with Crippen LogP contribution < -0.4 is 5.73 Å². The summed E-state index contributed by atoms with van der Waals surface area (Å²) in [4.78, 5) is 17.4. The molecule has 4 nitrogen and oxygen atoms in total. The fourth-order valence-corrected chi connectivity index (χ4v) is 2.33. The van der Waals surface area contributed by atoms with Gasteiger partial charge in [-0.25, -0.2) is 0 Å². The molecule has 0 saturated heterocycles. The molecule has 0 amide bonds. The summed E-state index contributed by atoms with van der Waals surface area (Å²) in [6.45, 7) is 0. The van der Waals surface area contributed by atoms with Crippen molar-refractivity contribution in [3.63, 3.8) is 0 Å². The van der Waals surface area contributed by atoms with Crippen LogP contribution in [0.5, 0.6) is 0 Å². The molecule has 2 atom stereocenters. The predicted molar refractivity (Wildman–Crippen MR) is 37.7 cm³/mol. The fourth-order valence-electron chi connectivity index (χ4n) is 1.30. The third-order valence-corrected chi connectivity index (χ3v) is 3.34. The van der Waals surface area contributed by atoms with E-state index in [4.69, 9.17) is 15.5 Å². The first-order valence-corrected chi connectivity index (χ1v) is 4.99. The summed E-state index contributed by atoms with van der Waals surface area (Å²) in [5.41, 5.74) is 5.01. The molecule has 60 valence electrons. The van der Waals surface area contributed by atoms with E-state index in [0.29, 0.717) is 12.8 Å². The Labute approximate surface area is 59.6 Å². The normalized spacial score (nSPS) is 34.7. The summed E-state index contributed by atoms with van der Waals surface area (Å²) in [5.74, 6) is 0. The zero-order valence-corrected chi connectivity index (χ0v) is 6.50. The first-order valence-electron chi connectivity index (χ1n) is 3.31. The topological polar surface area (TPSA) is 83.6 Å². The van der Waals surface area contributed by atoms with Gasteiger partial charge < -0.3 is 15.5 Å². The molecule has 0 aromatic carbocycles. The molecule has 0 bridgehead atoms. The van der Waals surface area contributed by atoms with Gasteiger partial charge in [0, 0.05) is 6.04 Å². The van der Waals surface area contributed by atoms with E-state index in [9.17, 15) is 4.57 Å². The molecule has 1 aliphatic carbocycles. The highest BCUT2D eigenvalue weighted by atomic mass is 31.2. The van der Waals surface area contributed by atoms with Gasteiger partial charge in [-0.05, 0) is 19.3 Å². The highest BCUT2D eigenvalue weighted by Gasteiger charge is 2.34. The van der Waals surface area contributed by atoms with Crippen LogP contribution in [0.15, 0.2) is 0 Å². The van der Waals surface area contributed by atoms with Crippen LogP contribution in [-0.4, -0.2) is 21.5 Å². The van der Waals surface area contributed by atoms with E-state index in [1.165, 1.54) is 0 Å². The quantitative estimate of drug-likeness (QED) is 0.479. The summed E-state index contributed by atoms with van der Waals surface area (Å²) in [5, 5.41) is 0. The van der Waals surface area contributed by atoms with Crippen molar-refractivity contribution in [1.82, 2.24) is 0 Å². The number of rotatable bonds is 1. The molecule has 1 rings (SSSR count). The Balaban J connectivity index is 2.53. The molecular formula is C5H12NO3P. The second-order valence-electron chi connectivity index (χ2n) is 2.82. The van der Waals surface area contributed by atoms with Crippen LogP contribution in [0, 0.1) is 0 Å². The van der Waals surface area contributed by atoms with E-state index in [0.717, 1.165) is 6.42 Å². The van der Waals surface area contributed by atoms with Gasteiger partial charge in [0.2, 0.25) is 0 Å². The van der Waals surface area contributed by atoms with Gasteiger partial charge in [-0.15, -0.1) is 0 Å². The Bertz CT molecular complexity index is 166. The van der Waals surface area contributed by atoms with E-state index >= 15 is 0 Å². The smallest absolute Gasteiger partial charge is 0.328 e. The molecular weight excluding hydrogens is 153 g/mol. The molecule has 0 aromatic rings. The molecule has 0 aliphatic heterocycles. The van der Waals surface area contributed by atoms with Gasteiger partial charge in [0.1, 0.15) is 0 Å². The minimum absolute atomic E-state index is 0.00220. The summed E-state index contributed by atoms with van der Waals surface area (Å²) < 4.78 is 10.6. The number of nitrogens with two attached hydrogens (primary N) is 1. The maximum atomic E-state index is 10.6. The van der Waals surface area contributed by atoms with Crippen LogP contribution in [0.4, 0.5) is 0 Å². The van der Waals surface area contributed by atoms with Crippen molar-refractivity contribution in [2.45, 2.75) is 31.0 Å². The maximum Gasteiger partial charge on any atom is 0.328 e. The zero-order valence-electron chi connectivity index (χ0n) is 5.60. The molecule has 1 fully saturated rings. The van der Waals surface area contributed by atoms with Crippen LogP contribution in [0.3, 0.4) is 0 Å². The van der Waals surface area contributed by atoms with Crippen molar-refractivity contribution in [3.8, 4) is 0 Å². The van der Waals surface area contributed by atoms with Crippen molar-refractivity contribution < 1.29 is 14.4 Å². The Morgan fingerprint density at radius 1 is 1.40 bits per heavy atom. The lowest BCUT2D eigenvalue weighted by molar-refractivity contribution is 0.357. The van der Waals surface area contributed by atoms with Gasteiger partial charge in [0.15, 0.2) is 0 Å². The van der Waals surface area contributed by atoms with Crippen molar-refractivity contribution in [3.05, 3.63) is 0 Å². The second-order valence-corrected chi connectivity index (χ2v) is 4.72. The van der Waals surface area contributed by atoms with Gasteiger partial charge in [0.05, 0.1) is 5.66 Å². The monoisotopic (exact) mass is 165 g/mol. The maximum absolute atomic E-state index is 10.6. The highest BCUT2D eigenvalue weighted by molar-refractivity contribution is 7.52. The van der Waals surface area contributed by atoms with Crippen molar-refractivity contribution in [2.24, 2.45) is 5.73 Å². The largest absolute Gasteiger partial charge is 0.328 e. The fraction of sp³-hybridized carbons (Fsp3) is 1.00. The molecule has 0 spiro atoms. The molecule has 0 radical (unpaired) electrons. The highest BCUT2D eigenvalue weighted by Crippen LogP contribution is 2.48. The van der Waals surface area contributed by atoms with Gasteiger partial charge in [-0.3, -0.25) is 4.57 Å². The van der Waals surface area contributed by atoms with Crippen LogP contribution in [-0.2, 0) is 4.57 Å².